The van der Waals surface area contributed by atoms with E-state index >= 15 is 0 Å². The monoisotopic (exact) mass is 418 g/mol. The van der Waals surface area contributed by atoms with Crippen LogP contribution in [0.4, 0.5) is 4.79 Å². The Bertz CT molecular complexity index is 1110. The molecule has 10 heteroatoms. The van der Waals surface area contributed by atoms with Crippen LogP contribution in [-0.4, -0.2) is 65.8 Å². The summed E-state index contributed by atoms with van der Waals surface area (Å²) in [6.07, 6.45) is 2.42. The highest BCUT2D eigenvalue weighted by molar-refractivity contribution is 7.91. The van der Waals surface area contributed by atoms with Crippen molar-refractivity contribution in [3.8, 4) is 0 Å². The van der Waals surface area contributed by atoms with Crippen LogP contribution in [0.3, 0.4) is 0 Å². The maximum atomic E-state index is 12.7. The fourth-order valence-electron chi connectivity index (χ4n) is 4.01. The highest BCUT2D eigenvalue weighted by atomic mass is 32.2. The Morgan fingerprint density at radius 3 is 2.79 bits per heavy atom. The minimum atomic E-state index is -3.18. The van der Waals surface area contributed by atoms with Gasteiger partial charge in [-0.3, -0.25) is 14.5 Å². The number of hydrogen-bond donors (Lipinski definition) is 3. The fourth-order valence-corrected chi connectivity index (χ4v) is 6.11. The number of carbonyl (C=O) groups is 3. The lowest BCUT2D eigenvalue weighted by Crippen LogP contribution is -2.51. The van der Waals surface area contributed by atoms with E-state index in [9.17, 15) is 22.8 Å². The second-order valence-electron chi connectivity index (χ2n) is 7.94. The first-order chi connectivity index (χ1) is 13.7. The van der Waals surface area contributed by atoms with Gasteiger partial charge in [0, 0.05) is 23.5 Å². The van der Waals surface area contributed by atoms with Crippen molar-refractivity contribution in [3.63, 3.8) is 0 Å². The summed E-state index contributed by atoms with van der Waals surface area (Å²) in [6.45, 7) is 1.21. The molecule has 2 saturated heterocycles. The number of aromatic amines is 1. The normalized spacial score (nSPS) is 26.1. The van der Waals surface area contributed by atoms with Crippen LogP contribution in [0.5, 0.6) is 0 Å². The van der Waals surface area contributed by atoms with Crippen molar-refractivity contribution in [1.29, 1.82) is 0 Å². The zero-order valence-electron chi connectivity index (χ0n) is 15.9. The summed E-state index contributed by atoms with van der Waals surface area (Å²) in [4.78, 5) is 41.3. The lowest BCUT2D eigenvalue weighted by Gasteiger charge is -2.25. The van der Waals surface area contributed by atoms with E-state index in [2.05, 4.69) is 15.6 Å². The summed E-state index contributed by atoms with van der Waals surface area (Å²) in [7, 11) is -3.18. The molecule has 0 saturated carbocycles. The first kappa shape index (κ1) is 19.4. The number of fused-ring (bicyclic) bond motifs is 1. The van der Waals surface area contributed by atoms with E-state index in [-0.39, 0.29) is 11.5 Å². The molecule has 2 aromatic rings. The van der Waals surface area contributed by atoms with Crippen molar-refractivity contribution in [2.24, 2.45) is 0 Å². The van der Waals surface area contributed by atoms with Gasteiger partial charge in [0.2, 0.25) is 5.91 Å². The van der Waals surface area contributed by atoms with Crippen molar-refractivity contribution >= 4 is 38.6 Å². The summed E-state index contributed by atoms with van der Waals surface area (Å²) in [6, 6.07) is 6.28. The second-order valence-corrected chi connectivity index (χ2v) is 10.1. The second kappa shape index (κ2) is 6.87. The number of sulfone groups is 1. The smallest absolute Gasteiger partial charge is 0.325 e. The number of nitrogens with one attached hydrogen (secondary N) is 3. The first-order valence-corrected chi connectivity index (χ1v) is 11.2. The van der Waals surface area contributed by atoms with Crippen molar-refractivity contribution in [3.05, 3.63) is 36.0 Å². The van der Waals surface area contributed by atoms with E-state index in [1.165, 1.54) is 0 Å². The molecular formula is C19H22N4O5S. The average molecular weight is 418 g/mol. The molecule has 2 aliphatic rings. The third-order valence-corrected chi connectivity index (χ3v) is 7.36. The molecule has 0 bridgehead atoms. The molecule has 0 spiro atoms. The van der Waals surface area contributed by atoms with Crippen LogP contribution < -0.4 is 10.6 Å². The number of imide groups is 1. The number of rotatable bonds is 5. The standard InChI is InChI=1S/C19H22N4O5S/c1-19(6-7-29(27,28)11-19)22-16(24)10-23-17(25)15(21-18(23)26)8-12-9-20-14-5-3-2-4-13(12)14/h2-5,9,15,20H,6-8,10-11H2,1H3,(H,21,26)(H,22,24)/t15-,19+/m1/s1. The largest absolute Gasteiger partial charge is 0.361 e. The SMILES string of the molecule is C[C@]1(NC(=O)CN2C(=O)N[C@H](Cc3c[nH]c4ccccc34)C2=O)CCS(=O)(=O)C1. The van der Waals surface area contributed by atoms with Crippen LogP contribution in [0.25, 0.3) is 10.9 Å². The van der Waals surface area contributed by atoms with Gasteiger partial charge in [0.15, 0.2) is 9.84 Å². The van der Waals surface area contributed by atoms with E-state index < -0.39 is 45.8 Å². The molecule has 9 nitrogen and oxygen atoms in total. The van der Waals surface area contributed by atoms with Gasteiger partial charge >= 0.3 is 6.03 Å². The van der Waals surface area contributed by atoms with Gasteiger partial charge in [-0.25, -0.2) is 13.2 Å². The highest BCUT2D eigenvalue weighted by Crippen LogP contribution is 2.23. The summed E-state index contributed by atoms with van der Waals surface area (Å²) in [5.74, 6) is -1.16. The molecule has 1 aromatic carbocycles. The number of benzene rings is 1. The molecule has 0 unspecified atom stereocenters. The predicted octanol–water partition coefficient (Wildman–Crippen LogP) is 0.324. The summed E-state index contributed by atoms with van der Waals surface area (Å²) >= 11 is 0. The van der Waals surface area contributed by atoms with Crippen LogP contribution >= 0.6 is 0 Å². The number of aromatic nitrogens is 1. The van der Waals surface area contributed by atoms with Gasteiger partial charge in [-0.1, -0.05) is 18.2 Å². The molecule has 2 aliphatic heterocycles. The molecule has 29 heavy (non-hydrogen) atoms. The van der Waals surface area contributed by atoms with Gasteiger partial charge in [-0.2, -0.15) is 0 Å². The third kappa shape index (κ3) is 3.84. The van der Waals surface area contributed by atoms with E-state index in [1.54, 1.807) is 13.1 Å². The highest BCUT2D eigenvalue weighted by Gasteiger charge is 2.42. The van der Waals surface area contributed by atoms with Gasteiger partial charge in [0.25, 0.3) is 5.91 Å². The molecular weight excluding hydrogens is 396 g/mol. The molecule has 2 fully saturated rings. The Kier molecular flexibility index (Phi) is 4.60. The molecule has 0 aliphatic carbocycles. The molecule has 154 valence electrons. The third-order valence-electron chi connectivity index (χ3n) is 5.45. The Hall–Kier alpha value is -2.88. The Balaban J connectivity index is 1.41. The molecule has 3 N–H and O–H groups in total. The van der Waals surface area contributed by atoms with Crippen molar-refractivity contribution in [1.82, 2.24) is 20.5 Å². The van der Waals surface area contributed by atoms with E-state index in [0.29, 0.717) is 12.8 Å². The van der Waals surface area contributed by atoms with E-state index in [1.807, 2.05) is 24.3 Å². The maximum absolute atomic E-state index is 12.7. The lowest BCUT2D eigenvalue weighted by atomic mass is 10.0. The average Bonchev–Trinajstić information content (AvgIpc) is 3.26. The van der Waals surface area contributed by atoms with Gasteiger partial charge < -0.3 is 15.6 Å². The lowest BCUT2D eigenvalue weighted by molar-refractivity contribution is -0.132. The zero-order chi connectivity index (χ0) is 20.8. The predicted molar refractivity (Wildman–Crippen MR) is 106 cm³/mol. The van der Waals surface area contributed by atoms with Gasteiger partial charge in [-0.05, 0) is 25.0 Å². The first-order valence-electron chi connectivity index (χ1n) is 9.34. The molecule has 4 rings (SSSR count). The Morgan fingerprint density at radius 1 is 1.31 bits per heavy atom. The van der Waals surface area contributed by atoms with Gasteiger partial charge in [0.05, 0.1) is 17.0 Å². The van der Waals surface area contributed by atoms with Gasteiger partial charge in [0.1, 0.15) is 12.6 Å². The van der Waals surface area contributed by atoms with Crippen molar-refractivity contribution in [2.75, 3.05) is 18.1 Å². The fraction of sp³-hybridized carbons (Fsp3) is 0.421. The quantitative estimate of drug-likeness (QED) is 0.603. The zero-order valence-corrected chi connectivity index (χ0v) is 16.7. The Labute approximate surface area is 167 Å². The number of para-hydroxylation sites is 1. The number of hydrogen-bond acceptors (Lipinski definition) is 5. The van der Waals surface area contributed by atoms with E-state index in [4.69, 9.17) is 0 Å². The minimum Gasteiger partial charge on any atom is -0.361 e. The number of urea groups is 1. The topological polar surface area (TPSA) is 128 Å². The molecule has 4 amide bonds. The van der Waals surface area contributed by atoms with E-state index in [0.717, 1.165) is 21.4 Å². The summed E-state index contributed by atoms with van der Waals surface area (Å²) < 4.78 is 23.4. The van der Waals surface area contributed by atoms with Gasteiger partial charge in [-0.15, -0.1) is 0 Å². The van der Waals surface area contributed by atoms with Crippen molar-refractivity contribution in [2.45, 2.75) is 31.3 Å². The minimum absolute atomic E-state index is 0.0135. The van der Waals surface area contributed by atoms with Crippen molar-refractivity contribution < 1.29 is 22.8 Å². The molecule has 1 aromatic heterocycles. The molecule has 2 atom stereocenters. The molecule has 0 radical (unpaired) electrons. The maximum Gasteiger partial charge on any atom is 0.325 e. The van der Waals surface area contributed by atoms with Crippen LogP contribution in [0, 0.1) is 0 Å². The van der Waals surface area contributed by atoms with Crippen LogP contribution in [-0.2, 0) is 25.8 Å². The number of nitrogens with zero attached hydrogens (tertiary/aromatic N) is 1. The van der Waals surface area contributed by atoms with Crippen LogP contribution in [0.15, 0.2) is 30.5 Å². The van der Waals surface area contributed by atoms with Crippen LogP contribution in [0.2, 0.25) is 0 Å². The summed E-state index contributed by atoms with van der Waals surface area (Å²) in [5.41, 5.74) is 0.961. The van der Waals surface area contributed by atoms with Crippen LogP contribution in [0.1, 0.15) is 18.9 Å². The summed E-state index contributed by atoms with van der Waals surface area (Å²) in [5, 5.41) is 6.27. The number of amides is 4. The molecule has 3 heterocycles. The number of carbonyl (C=O) groups excluding carboxylic acids is 3. The number of H-pyrrole nitrogens is 1. The Morgan fingerprint density at radius 2 is 2.07 bits per heavy atom.